The Bertz CT molecular complexity index is 1020. The summed E-state index contributed by atoms with van der Waals surface area (Å²) in [5.41, 5.74) is 1.15. The standard InChI is InChI=1S/C22H26N4O5S/c1-13(27)25-6-8-26(9-7-25)21(29)17-4-5-18-19(17)23-22(32-18)24-20(28)14-10-15(30-2)12-16(11-14)31-3/h10-12,17H,4-9H2,1-3H3,(H,23,24,28). The second kappa shape index (κ2) is 9.15. The van der Waals surface area contributed by atoms with Gasteiger partial charge in [0.1, 0.15) is 11.5 Å². The number of hydrogen-bond donors (Lipinski definition) is 1. The Balaban J connectivity index is 1.44. The number of amides is 3. The van der Waals surface area contributed by atoms with Gasteiger partial charge in [-0.15, -0.1) is 11.3 Å². The van der Waals surface area contributed by atoms with Gasteiger partial charge in [-0.3, -0.25) is 19.7 Å². The number of aryl methyl sites for hydroxylation is 1. The fraction of sp³-hybridized carbons (Fsp3) is 0.455. The highest BCUT2D eigenvalue weighted by Crippen LogP contribution is 2.39. The maximum atomic E-state index is 13.1. The van der Waals surface area contributed by atoms with Crippen LogP contribution < -0.4 is 14.8 Å². The van der Waals surface area contributed by atoms with Gasteiger partial charge in [0.25, 0.3) is 5.91 Å². The first kappa shape index (κ1) is 22.1. The minimum absolute atomic E-state index is 0.0359. The lowest BCUT2D eigenvalue weighted by molar-refractivity contribution is -0.139. The number of rotatable bonds is 5. The molecule has 1 unspecified atom stereocenters. The molecule has 1 aliphatic carbocycles. The second-order valence-electron chi connectivity index (χ2n) is 7.81. The molecule has 170 valence electrons. The first-order valence-electron chi connectivity index (χ1n) is 10.5. The molecule has 32 heavy (non-hydrogen) atoms. The molecule has 2 aromatic rings. The number of hydrogen-bond acceptors (Lipinski definition) is 7. The van der Waals surface area contributed by atoms with E-state index in [9.17, 15) is 14.4 Å². The monoisotopic (exact) mass is 458 g/mol. The highest BCUT2D eigenvalue weighted by molar-refractivity contribution is 7.16. The van der Waals surface area contributed by atoms with Crippen LogP contribution >= 0.6 is 11.3 Å². The molecule has 0 radical (unpaired) electrons. The van der Waals surface area contributed by atoms with Gasteiger partial charge in [-0.1, -0.05) is 0 Å². The molecule has 1 saturated heterocycles. The van der Waals surface area contributed by atoms with E-state index in [-0.39, 0.29) is 23.6 Å². The summed E-state index contributed by atoms with van der Waals surface area (Å²) in [7, 11) is 3.05. The highest BCUT2D eigenvalue weighted by Gasteiger charge is 2.36. The van der Waals surface area contributed by atoms with E-state index in [1.54, 1.807) is 30.0 Å². The van der Waals surface area contributed by atoms with Crippen LogP contribution in [0.3, 0.4) is 0 Å². The average molecular weight is 459 g/mol. The van der Waals surface area contributed by atoms with Gasteiger partial charge in [0.2, 0.25) is 11.8 Å². The molecule has 1 atom stereocenters. The summed E-state index contributed by atoms with van der Waals surface area (Å²) in [4.78, 5) is 46.6. The van der Waals surface area contributed by atoms with Crippen molar-refractivity contribution in [1.29, 1.82) is 0 Å². The summed E-state index contributed by atoms with van der Waals surface area (Å²) < 4.78 is 10.5. The van der Waals surface area contributed by atoms with Crippen LogP contribution in [0, 0.1) is 0 Å². The third kappa shape index (κ3) is 4.40. The number of piperazine rings is 1. The Kier molecular flexibility index (Phi) is 6.31. The van der Waals surface area contributed by atoms with E-state index in [2.05, 4.69) is 10.3 Å². The topological polar surface area (TPSA) is 101 Å². The first-order valence-corrected chi connectivity index (χ1v) is 11.3. The van der Waals surface area contributed by atoms with Crippen molar-refractivity contribution in [2.75, 3.05) is 45.7 Å². The molecule has 2 aliphatic rings. The van der Waals surface area contributed by atoms with Crippen LogP contribution in [0.25, 0.3) is 0 Å². The number of thiazole rings is 1. The van der Waals surface area contributed by atoms with E-state index in [1.165, 1.54) is 25.6 Å². The van der Waals surface area contributed by atoms with Gasteiger partial charge >= 0.3 is 0 Å². The molecule has 1 aromatic heterocycles. The summed E-state index contributed by atoms with van der Waals surface area (Å²) in [6.45, 7) is 3.74. The van der Waals surface area contributed by atoms with Gasteiger partial charge in [-0.2, -0.15) is 0 Å². The minimum atomic E-state index is -0.321. The van der Waals surface area contributed by atoms with E-state index in [1.807, 2.05) is 4.90 Å². The molecular formula is C22H26N4O5S. The van der Waals surface area contributed by atoms with Crippen molar-refractivity contribution in [3.8, 4) is 11.5 Å². The zero-order chi connectivity index (χ0) is 22.8. The maximum Gasteiger partial charge on any atom is 0.257 e. The lowest BCUT2D eigenvalue weighted by Crippen LogP contribution is -2.51. The van der Waals surface area contributed by atoms with Crippen molar-refractivity contribution in [2.45, 2.75) is 25.7 Å². The van der Waals surface area contributed by atoms with Crippen molar-refractivity contribution < 1.29 is 23.9 Å². The third-order valence-electron chi connectivity index (χ3n) is 5.89. The summed E-state index contributed by atoms with van der Waals surface area (Å²) in [6, 6.07) is 4.96. The number of nitrogens with zero attached hydrogens (tertiary/aromatic N) is 3. The smallest absolute Gasteiger partial charge is 0.257 e. The summed E-state index contributed by atoms with van der Waals surface area (Å²) in [6.07, 6.45) is 1.49. The first-order chi connectivity index (χ1) is 15.4. The molecule has 2 heterocycles. The van der Waals surface area contributed by atoms with Gasteiger partial charge in [0.15, 0.2) is 5.13 Å². The fourth-order valence-corrected chi connectivity index (χ4v) is 5.12. The minimum Gasteiger partial charge on any atom is -0.497 e. The quantitative estimate of drug-likeness (QED) is 0.737. The molecule has 4 rings (SSSR count). The van der Waals surface area contributed by atoms with E-state index in [0.29, 0.717) is 48.4 Å². The summed E-state index contributed by atoms with van der Waals surface area (Å²) in [5.74, 6) is 0.505. The molecule has 0 bridgehead atoms. The lowest BCUT2D eigenvalue weighted by atomic mass is 10.1. The molecule has 1 aliphatic heterocycles. The van der Waals surface area contributed by atoms with Gasteiger partial charge in [0.05, 0.1) is 25.8 Å². The fourth-order valence-electron chi connectivity index (χ4n) is 4.09. The van der Waals surface area contributed by atoms with Crippen molar-refractivity contribution in [3.05, 3.63) is 34.3 Å². The maximum absolute atomic E-state index is 13.1. The Morgan fingerprint density at radius 3 is 2.25 bits per heavy atom. The van der Waals surface area contributed by atoms with Crippen molar-refractivity contribution in [2.24, 2.45) is 0 Å². The molecule has 3 amide bonds. The predicted octanol–water partition coefficient (Wildman–Crippen LogP) is 2.13. The predicted molar refractivity (Wildman–Crippen MR) is 120 cm³/mol. The van der Waals surface area contributed by atoms with E-state index >= 15 is 0 Å². The third-order valence-corrected chi connectivity index (χ3v) is 6.93. The molecule has 10 heteroatoms. The van der Waals surface area contributed by atoms with Crippen molar-refractivity contribution >= 4 is 34.2 Å². The van der Waals surface area contributed by atoms with Crippen LogP contribution in [-0.4, -0.2) is 72.9 Å². The van der Waals surface area contributed by atoms with E-state index < -0.39 is 0 Å². The lowest BCUT2D eigenvalue weighted by Gasteiger charge is -2.35. The van der Waals surface area contributed by atoms with Crippen LogP contribution in [0.4, 0.5) is 5.13 Å². The number of anilines is 1. The highest BCUT2D eigenvalue weighted by atomic mass is 32.1. The summed E-state index contributed by atoms with van der Waals surface area (Å²) in [5, 5.41) is 3.31. The van der Waals surface area contributed by atoms with Crippen LogP contribution in [0.15, 0.2) is 18.2 Å². The number of ether oxygens (including phenoxy) is 2. The Morgan fingerprint density at radius 1 is 1.03 bits per heavy atom. The number of benzene rings is 1. The van der Waals surface area contributed by atoms with Gasteiger partial charge in [-0.05, 0) is 25.0 Å². The van der Waals surface area contributed by atoms with Gasteiger partial charge in [-0.25, -0.2) is 4.98 Å². The number of nitrogens with one attached hydrogen (secondary N) is 1. The van der Waals surface area contributed by atoms with Crippen LogP contribution in [0.5, 0.6) is 11.5 Å². The zero-order valence-corrected chi connectivity index (χ0v) is 19.2. The molecule has 0 saturated carbocycles. The molecular weight excluding hydrogens is 432 g/mol. The number of carbonyl (C=O) groups is 3. The number of fused-ring (bicyclic) bond motifs is 1. The summed E-state index contributed by atoms with van der Waals surface area (Å²) >= 11 is 1.41. The molecule has 1 aromatic carbocycles. The van der Waals surface area contributed by atoms with Crippen molar-refractivity contribution in [3.63, 3.8) is 0 Å². The Hall–Kier alpha value is -3.14. The second-order valence-corrected chi connectivity index (χ2v) is 8.89. The van der Waals surface area contributed by atoms with Crippen LogP contribution in [0.1, 0.15) is 40.2 Å². The van der Waals surface area contributed by atoms with Gasteiger partial charge < -0.3 is 19.3 Å². The zero-order valence-electron chi connectivity index (χ0n) is 18.3. The number of aromatic nitrogens is 1. The molecule has 1 fully saturated rings. The Labute approximate surface area is 190 Å². The number of carbonyl (C=O) groups excluding carboxylic acids is 3. The normalized spacial score (nSPS) is 17.7. The molecule has 0 spiro atoms. The molecule has 1 N–H and O–H groups in total. The Morgan fingerprint density at radius 2 is 1.66 bits per heavy atom. The SMILES string of the molecule is COc1cc(OC)cc(C(=O)Nc2nc3c(s2)CCC3C(=O)N2CCN(C(C)=O)CC2)c1. The largest absolute Gasteiger partial charge is 0.497 e. The van der Waals surface area contributed by atoms with Crippen LogP contribution in [0.2, 0.25) is 0 Å². The van der Waals surface area contributed by atoms with E-state index in [0.717, 1.165) is 23.4 Å². The van der Waals surface area contributed by atoms with E-state index in [4.69, 9.17) is 9.47 Å². The average Bonchev–Trinajstić information content (AvgIpc) is 3.38. The molecule has 9 nitrogen and oxygen atoms in total. The number of methoxy groups -OCH3 is 2. The van der Waals surface area contributed by atoms with Crippen molar-refractivity contribution in [1.82, 2.24) is 14.8 Å². The van der Waals surface area contributed by atoms with Crippen LogP contribution in [-0.2, 0) is 16.0 Å². The van der Waals surface area contributed by atoms with Gasteiger partial charge in [0, 0.05) is 49.6 Å².